The van der Waals surface area contributed by atoms with Gasteiger partial charge in [0, 0.05) is 16.5 Å². The number of rotatable bonds is 3. The summed E-state index contributed by atoms with van der Waals surface area (Å²) in [5.41, 5.74) is 0.813. The first-order valence-electron chi connectivity index (χ1n) is 5.76. The lowest BCUT2D eigenvalue weighted by molar-refractivity contribution is 0.0953. The van der Waals surface area contributed by atoms with Gasteiger partial charge in [-0.3, -0.25) is 4.79 Å². The van der Waals surface area contributed by atoms with E-state index in [1.54, 1.807) is 0 Å². The highest BCUT2D eigenvalue weighted by molar-refractivity contribution is 9.10. The Bertz CT molecular complexity index is 372. The third-order valence-electron chi connectivity index (χ3n) is 3.05. The molecule has 1 aliphatic heterocycles. The Morgan fingerprint density at radius 2 is 2.25 bits per heavy atom. The molecule has 86 valence electrons. The van der Waals surface area contributed by atoms with Gasteiger partial charge in [-0.05, 0) is 37.9 Å². The topological polar surface area (TPSA) is 29.1 Å². The van der Waals surface area contributed by atoms with Gasteiger partial charge in [0.1, 0.15) is 0 Å². The summed E-state index contributed by atoms with van der Waals surface area (Å²) in [5, 5.41) is 3.34. The molecule has 0 saturated carbocycles. The quantitative estimate of drug-likeness (QED) is 0.863. The van der Waals surface area contributed by atoms with Crippen molar-refractivity contribution in [2.45, 2.75) is 19.3 Å². The van der Waals surface area contributed by atoms with Gasteiger partial charge in [0.15, 0.2) is 5.78 Å². The Balaban J connectivity index is 2.00. The van der Waals surface area contributed by atoms with Crippen LogP contribution in [-0.4, -0.2) is 18.9 Å². The first-order chi connectivity index (χ1) is 7.77. The van der Waals surface area contributed by atoms with Gasteiger partial charge in [-0.15, -0.1) is 0 Å². The molecule has 1 aliphatic rings. The molecular weight excluding hydrogens is 266 g/mol. The van der Waals surface area contributed by atoms with E-state index in [0.29, 0.717) is 12.3 Å². The minimum Gasteiger partial charge on any atom is -0.316 e. The fourth-order valence-corrected chi connectivity index (χ4v) is 2.66. The molecule has 0 aromatic heterocycles. The number of nitrogens with one attached hydrogen (secondary N) is 1. The van der Waals surface area contributed by atoms with Crippen molar-refractivity contribution in [3.63, 3.8) is 0 Å². The van der Waals surface area contributed by atoms with E-state index in [4.69, 9.17) is 0 Å². The fraction of sp³-hybridized carbons (Fsp3) is 0.462. The summed E-state index contributed by atoms with van der Waals surface area (Å²) in [5.74, 6) is 0.759. The molecule has 2 rings (SSSR count). The summed E-state index contributed by atoms with van der Waals surface area (Å²) >= 11 is 3.43. The van der Waals surface area contributed by atoms with E-state index < -0.39 is 0 Å². The zero-order chi connectivity index (χ0) is 11.4. The normalized spacial score (nSPS) is 20.7. The molecule has 1 fully saturated rings. The molecule has 2 nitrogen and oxygen atoms in total. The van der Waals surface area contributed by atoms with Crippen LogP contribution in [0.15, 0.2) is 28.7 Å². The summed E-state index contributed by atoms with van der Waals surface area (Å²) in [7, 11) is 0. The number of ketones is 1. The maximum atomic E-state index is 12.1. The molecule has 1 N–H and O–H groups in total. The highest BCUT2D eigenvalue weighted by Crippen LogP contribution is 2.22. The fourth-order valence-electron chi connectivity index (χ4n) is 2.16. The van der Waals surface area contributed by atoms with Gasteiger partial charge in [0.05, 0.1) is 0 Å². The zero-order valence-electron chi connectivity index (χ0n) is 9.21. The maximum absolute atomic E-state index is 12.1. The molecule has 0 aliphatic carbocycles. The van der Waals surface area contributed by atoms with Gasteiger partial charge in [0.25, 0.3) is 0 Å². The smallest absolute Gasteiger partial charge is 0.164 e. The van der Waals surface area contributed by atoms with E-state index in [1.807, 2.05) is 24.3 Å². The molecule has 1 aromatic rings. The van der Waals surface area contributed by atoms with Crippen molar-refractivity contribution in [1.82, 2.24) is 5.32 Å². The largest absolute Gasteiger partial charge is 0.316 e. The summed E-state index contributed by atoms with van der Waals surface area (Å²) in [6, 6.07) is 7.66. The average molecular weight is 282 g/mol. The minimum absolute atomic E-state index is 0.251. The molecule has 0 radical (unpaired) electrons. The zero-order valence-corrected chi connectivity index (χ0v) is 10.8. The number of hydrogen-bond donors (Lipinski definition) is 1. The van der Waals surface area contributed by atoms with Crippen molar-refractivity contribution in [3.05, 3.63) is 34.3 Å². The summed E-state index contributed by atoms with van der Waals surface area (Å²) in [6.07, 6.45) is 3.02. The highest BCUT2D eigenvalue weighted by Gasteiger charge is 2.18. The van der Waals surface area contributed by atoms with Gasteiger partial charge in [-0.2, -0.15) is 0 Å². The van der Waals surface area contributed by atoms with Crippen LogP contribution in [0.25, 0.3) is 0 Å². The van der Waals surface area contributed by atoms with Crippen LogP contribution in [-0.2, 0) is 0 Å². The van der Waals surface area contributed by atoms with Gasteiger partial charge in [0.2, 0.25) is 0 Å². The summed E-state index contributed by atoms with van der Waals surface area (Å²) in [6.45, 7) is 2.08. The number of halogens is 1. The first-order valence-corrected chi connectivity index (χ1v) is 6.55. The average Bonchev–Trinajstić information content (AvgIpc) is 2.31. The third-order valence-corrected chi connectivity index (χ3v) is 3.74. The molecule has 1 unspecified atom stereocenters. The maximum Gasteiger partial charge on any atom is 0.164 e. The lowest BCUT2D eigenvalue weighted by atomic mass is 9.92. The molecule has 1 heterocycles. The van der Waals surface area contributed by atoms with Crippen LogP contribution in [0, 0.1) is 5.92 Å². The van der Waals surface area contributed by atoms with Gasteiger partial charge >= 0.3 is 0 Å². The molecule has 1 aromatic carbocycles. The Morgan fingerprint density at radius 3 is 2.94 bits per heavy atom. The Kier molecular flexibility index (Phi) is 4.13. The van der Waals surface area contributed by atoms with Crippen LogP contribution < -0.4 is 5.32 Å². The van der Waals surface area contributed by atoms with E-state index in [-0.39, 0.29) is 5.78 Å². The number of hydrogen-bond acceptors (Lipinski definition) is 2. The second-order valence-electron chi connectivity index (χ2n) is 4.32. The molecule has 1 saturated heterocycles. The van der Waals surface area contributed by atoms with E-state index >= 15 is 0 Å². The van der Waals surface area contributed by atoms with Gasteiger partial charge in [-0.1, -0.05) is 34.1 Å². The highest BCUT2D eigenvalue weighted by atomic mass is 79.9. The van der Waals surface area contributed by atoms with E-state index in [1.165, 1.54) is 12.8 Å². The first kappa shape index (κ1) is 11.8. The van der Waals surface area contributed by atoms with Crippen LogP contribution in [0.5, 0.6) is 0 Å². The number of piperidine rings is 1. The number of carbonyl (C=O) groups is 1. The SMILES string of the molecule is O=C(CC1CCCNC1)c1ccccc1Br. The van der Waals surface area contributed by atoms with Crippen LogP contribution in [0.3, 0.4) is 0 Å². The lowest BCUT2D eigenvalue weighted by Gasteiger charge is -2.22. The van der Waals surface area contributed by atoms with Crippen molar-refractivity contribution in [3.8, 4) is 0 Å². The van der Waals surface area contributed by atoms with Gasteiger partial charge in [-0.25, -0.2) is 0 Å². The minimum atomic E-state index is 0.251. The summed E-state index contributed by atoms with van der Waals surface area (Å²) in [4.78, 5) is 12.1. The molecule has 0 bridgehead atoms. The van der Waals surface area contributed by atoms with Gasteiger partial charge < -0.3 is 5.32 Å². The van der Waals surface area contributed by atoms with E-state index in [9.17, 15) is 4.79 Å². The third kappa shape index (κ3) is 2.92. The molecule has 16 heavy (non-hydrogen) atoms. The molecule has 1 atom stereocenters. The Labute approximate surface area is 105 Å². The van der Waals surface area contributed by atoms with Crippen molar-refractivity contribution in [2.24, 2.45) is 5.92 Å². The van der Waals surface area contributed by atoms with E-state index in [0.717, 1.165) is 23.1 Å². The predicted octanol–water partition coefficient (Wildman–Crippen LogP) is 3.02. The van der Waals surface area contributed by atoms with Crippen LogP contribution in [0.4, 0.5) is 0 Å². The number of benzene rings is 1. The van der Waals surface area contributed by atoms with Crippen LogP contribution >= 0.6 is 15.9 Å². The van der Waals surface area contributed by atoms with Crippen molar-refractivity contribution < 1.29 is 4.79 Å². The van der Waals surface area contributed by atoms with Crippen molar-refractivity contribution in [1.29, 1.82) is 0 Å². The van der Waals surface area contributed by atoms with Crippen molar-refractivity contribution in [2.75, 3.05) is 13.1 Å². The Morgan fingerprint density at radius 1 is 1.44 bits per heavy atom. The molecule has 0 spiro atoms. The second-order valence-corrected chi connectivity index (χ2v) is 5.17. The lowest BCUT2D eigenvalue weighted by Crippen LogP contribution is -2.31. The second kappa shape index (κ2) is 5.60. The number of carbonyl (C=O) groups excluding carboxylic acids is 1. The number of Topliss-reactive ketones (excluding diaryl/α,β-unsaturated/α-hetero) is 1. The van der Waals surface area contributed by atoms with Crippen molar-refractivity contribution >= 4 is 21.7 Å². The molecular formula is C13H16BrNO. The predicted molar refractivity (Wildman–Crippen MR) is 68.7 cm³/mol. The molecule has 0 amide bonds. The van der Waals surface area contributed by atoms with Crippen LogP contribution in [0.1, 0.15) is 29.6 Å². The van der Waals surface area contributed by atoms with Crippen LogP contribution in [0.2, 0.25) is 0 Å². The van der Waals surface area contributed by atoms with E-state index in [2.05, 4.69) is 21.2 Å². The Hall–Kier alpha value is -0.670. The summed E-state index contributed by atoms with van der Waals surface area (Å²) < 4.78 is 0.906. The monoisotopic (exact) mass is 281 g/mol. The standard InChI is InChI=1S/C13H16BrNO/c14-12-6-2-1-5-11(12)13(16)8-10-4-3-7-15-9-10/h1-2,5-6,10,15H,3-4,7-9H2. The molecule has 3 heteroatoms.